The Labute approximate surface area is 505 Å². The lowest BCUT2D eigenvalue weighted by molar-refractivity contribution is -0.132. The first kappa shape index (κ1) is 64.8. The van der Waals surface area contributed by atoms with E-state index in [4.69, 9.17) is 4.74 Å². The zero-order chi connectivity index (χ0) is 59.9. The minimum absolute atomic E-state index is 0.00899. The molecule has 4 aromatic carbocycles. The predicted octanol–water partition coefficient (Wildman–Crippen LogP) is 10.9. The molecule has 4 heterocycles. The van der Waals surface area contributed by atoms with Gasteiger partial charge in [0.25, 0.3) is 0 Å². The molecule has 8 rings (SSSR count). The van der Waals surface area contributed by atoms with Gasteiger partial charge in [0.1, 0.15) is 17.7 Å². The van der Waals surface area contributed by atoms with E-state index >= 15 is 0 Å². The van der Waals surface area contributed by atoms with Crippen molar-refractivity contribution in [2.45, 2.75) is 166 Å². The second-order valence-electron chi connectivity index (χ2n) is 23.9. The van der Waals surface area contributed by atoms with Crippen molar-refractivity contribution in [3.63, 3.8) is 0 Å². The number of nitrogens with zero attached hydrogens (tertiary/aromatic N) is 3. The van der Waals surface area contributed by atoms with Crippen LogP contribution in [0.15, 0.2) is 170 Å². The molecule has 5 N–H and O–H groups in total. The number of aryl methyl sites for hydroxylation is 4. The zero-order valence-electron chi connectivity index (χ0n) is 50.5. The van der Waals surface area contributed by atoms with Gasteiger partial charge >= 0.3 is 6.09 Å². The predicted molar refractivity (Wildman–Crippen MR) is 337 cm³/mol. The topological polar surface area (TPSA) is 184 Å². The first-order valence-corrected chi connectivity index (χ1v) is 31.2. The van der Waals surface area contributed by atoms with E-state index < -0.39 is 17.7 Å². The molecule has 2 fully saturated rings. The van der Waals surface area contributed by atoms with E-state index in [1.807, 2.05) is 69.3 Å². The number of carbonyl (C=O) groups is 5. The Bertz CT molecular complexity index is 2770. The van der Waals surface area contributed by atoms with Crippen molar-refractivity contribution in [1.29, 1.82) is 0 Å². The number of hydrogen-bond acceptors (Lipinski definition) is 9. The standard InChI is InChI=1S/C38H50N4O4.C33H42N4O2/c1-38(2,3)46-37(45)42-25-22-32(23-26-42)35(43)41-34(27-31-19-12-24-39-28-31)36(44)40-33(20-10-17-29-13-6-4-7-14-29)21-11-18-30-15-8-5-9-16-30;38-32(29-19-22-34-23-20-29)37-31(24-28-16-9-21-35-25-28)33(39)36-30(17-7-14-26-10-3-1-4-11-26)18-8-15-27-12-5-2-6-13-27/h4-9,12-16,19,24,28,32-34H,10-11,17-18,20-23,25-27H2,1-3H3,(H,40,44)(H,41,43);1-6,9-13,16,21,25,29-31,34H,7-8,14-15,17-20,22-24H2,(H,36,39)(H,37,38)/t34-;31-/m00/s1. The van der Waals surface area contributed by atoms with Crippen molar-refractivity contribution in [3.8, 4) is 0 Å². The zero-order valence-corrected chi connectivity index (χ0v) is 50.5. The Morgan fingerprint density at radius 2 is 0.824 bits per heavy atom. The van der Waals surface area contributed by atoms with Crippen LogP contribution in [-0.4, -0.2) is 101 Å². The molecule has 2 saturated heterocycles. The quantitative estimate of drug-likeness (QED) is 0.0319. The molecule has 0 saturated carbocycles. The number of likely N-dealkylation sites (tertiary alicyclic amines) is 1. The summed E-state index contributed by atoms with van der Waals surface area (Å²) in [6, 6.07) is 48.1. The Kier molecular flexibility index (Phi) is 27.1. The van der Waals surface area contributed by atoms with Crippen LogP contribution in [0.3, 0.4) is 0 Å². The normalized spacial score (nSPS) is 14.5. The Morgan fingerprint density at radius 3 is 1.15 bits per heavy atom. The molecule has 452 valence electrons. The van der Waals surface area contributed by atoms with Gasteiger partial charge in [-0.3, -0.25) is 29.1 Å². The van der Waals surface area contributed by atoms with E-state index in [9.17, 15) is 24.0 Å². The van der Waals surface area contributed by atoms with E-state index in [0.29, 0.717) is 38.8 Å². The van der Waals surface area contributed by atoms with Crippen LogP contribution in [0.25, 0.3) is 0 Å². The van der Waals surface area contributed by atoms with Crippen LogP contribution in [0, 0.1) is 11.8 Å². The van der Waals surface area contributed by atoms with E-state index in [2.05, 4.69) is 134 Å². The number of nitrogens with one attached hydrogen (secondary N) is 5. The second kappa shape index (κ2) is 35.6. The minimum Gasteiger partial charge on any atom is -0.444 e. The molecule has 5 amide bonds. The number of hydrogen-bond donors (Lipinski definition) is 5. The summed E-state index contributed by atoms with van der Waals surface area (Å²) in [5, 5.41) is 16.1. The monoisotopic (exact) mass is 1150 g/mol. The smallest absolute Gasteiger partial charge is 0.410 e. The number of ether oxygens (including phenoxy) is 1. The molecule has 2 aliphatic heterocycles. The van der Waals surface area contributed by atoms with Gasteiger partial charge in [-0.1, -0.05) is 133 Å². The van der Waals surface area contributed by atoms with Crippen LogP contribution in [0.4, 0.5) is 4.79 Å². The van der Waals surface area contributed by atoms with Crippen LogP contribution in [-0.2, 0) is 62.4 Å². The molecule has 0 bridgehead atoms. The molecule has 85 heavy (non-hydrogen) atoms. The molecule has 2 aliphatic rings. The number of benzene rings is 4. The summed E-state index contributed by atoms with van der Waals surface area (Å²) in [5.74, 6) is -0.792. The van der Waals surface area contributed by atoms with Crippen LogP contribution >= 0.6 is 0 Å². The lowest BCUT2D eigenvalue weighted by Crippen LogP contribution is -2.53. The largest absolute Gasteiger partial charge is 0.444 e. The van der Waals surface area contributed by atoms with Gasteiger partial charge in [0.2, 0.25) is 23.6 Å². The fourth-order valence-electron chi connectivity index (χ4n) is 11.2. The average Bonchev–Trinajstić information content (AvgIpc) is 3.67. The summed E-state index contributed by atoms with van der Waals surface area (Å²) in [7, 11) is 0. The summed E-state index contributed by atoms with van der Waals surface area (Å²) in [4.78, 5) is 76.8. The van der Waals surface area contributed by atoms with Crippen molar-refractivity contribution in [2.24, 2.45) is 11.8 Å². The fraction of sp³-hybridized carbons (Fsp3) is 0.451. The molecule has 0 aliphatic carbocycles. The van der Waals surface area contributed by atoms with Gasteiger partial charge < -0.3 is 36.2 Å². The van der Waals surface area contributed by atoms with Crippen molar-refractivity contribution in [2.75, 3.05) is 26.2 Å². The first-order valence-electron chi connectivity index (χ1n) is 31.2. The summed E-state index contributed by atoms with van der Waals surface area (Å²) in [6.45, 7) is 8.08. The molecule has 0 spiro atoms. The number of pyridine rings is 2. The maximum Gasteiger partial charge on any atom is 0.410 e. The molecule has 0 unspecified atom stereocenters. The first-order chi connectivity index (χ1) is 41.3. The molecule has 0 radical (unpaired) electrons. The van der Waals surface area contributed by atoms with Crippen molar-refractivity contribution < 1.29 is 28.7 Å². The van der Waals surface area contributed by atoms with Crippen LogP contribution in [0.1, 0.15) is 131 Å². The molecular weight excluding hydrogens is 1060 g/mol. The summed E-state index contributed by atoms with van der Waals surface area (Å²) in [5.41, 5.74) is 6.46. The van der Waals surface area contributed by atoms with Crippen molar-refractivity contribution in [1.82, 2.24) is 41.5 Å². The number of carbonyl (C=O) groups excluding carboxylic acids is 5. The van der Waals surface area contributed by atoms with E-state index in [-0.39, 0.29) is 53.6 Å². The summed E-state index contributed by atoms with van der Waals surface area (Å²) in [6.07, 6.45) is 21.3. The molecule has 2 atom stereocenters. The highest BCUT2D eigenvalue weighted by atomic mass is 16.6. The van der Waals surface area contributed by atoms with Crippen LogP contribution < -0.4 is 26.6 Å². The highest BCUT2D eigenvalue weighted by Gasteiger charge is 2.33. The lowest BCUT2D eigenvalue weighted by atomic mass is 9.95. The number of piperidine rings is 2. The van der Waals surface area contributed by atoms with Gasteiger partial charge in [-0.05, 0) is 182 Å². The van der Waals surface area contributed by atoms with Gasteiger partial charge in [0.05, 0.1) is 0 Å². The lowest BCUT2D eigenvalue weighted by Gasteiger charge is -2.33. The van der Waals surface area contributed by atoms with Crippen LogP contribution in [0.5, 0.6) is 0 Å². The maximum atomic E-state index is 13.9. The van der Waals surface area contributed by atoms with Crippen molar-refractivity contribution in [3.05, 3.63) is 204 Å². The fourth-order valence-corrected chi connectivity index (χ4v) is 11.2. The molecule has 2 aromatic heterocycles. The van der Waals surface area contributed by atoms with Gasteiger partial charge in [-0.15, -0.1) is 0 Å². The van der Waals surface area contributed by atoms with Crippen LogP contribution in [0.2, 0.25) is 0 Å². The van der Waals surface area contributed by atoms with E-state index in [1.54, 1.807) is 29.7 Å². The molecule has 14 heteroatoms. The van der Waals surface area contributed by atoms with Gasteiger partial charge in [0, 0.05) is 74.6 Å². The molecular formula is C71H92N8O6. The highest BCUT2D eigenvalue weighted by Crippen LogP contribution is 2.22. The number of amides is 5. The average molecular weight is 1150 g/mol. The summed E-state index contributed by atoms with van der Waals surface area (Å²) < 4.78 is 5.51. The van der Waals surface area contributed by atoms with E-state index in [0.717, 1.165) is 114 Å². The summed E-state index contributed by atoms with van der Waals surface area (Å²) >= 11 is 0. The van der Waals surface area contributed by atoms with E-state index in [1.165, 1.54) is 22.3 Å². The minimum atomic E-state index is -0.730. The third-order valence-corrected chi connectivity index (χ3v) is 16.0. The Hall–Kier alpha value is -7.71. The van der Waals surface area contributed by atoms with Gasteiger partial charge in [0.15, 0.2) is 0 Å². The van der Waals surface area contributed by atoms with Crippen molar-refractivity contribution >= 4 is 29.7 Å². The Morgan fingerprint density at radius 1 is 0.482 bits per heavy atom. The van der Waals surface area contributed by atoms with Gasteiger partial charge in [-0.2, -0.15) is 0 Å². The number of rotatable bonds is 28. The third-order valence-electron chi connectivity index (χ3n) is 16.0. The SMILES string of the molecule is CC(C)(C)OC(=O)N1CCC(C(=O)N[C@@H](Cc2cccnc2)C(=O)NC(CCCc2ccccc2)CCCc2ccccc2)CC1.O=C(N[C@@H](Cc1cccnc1)C(=O)NC(CCCc1ccccc1)CCCc1ccccc1)C1CCNCC1. The molecule has 6 aromatic rings. The Balaban J connectivity index is 0.000000247. The van der Waals surface area contributed by atoms with Gasteiger partial charge in [-0.25, -0.2) is 4.79 Å². The third kappa shape index (κ3) is 24.4. The highest BCUT2D eigenvalue weighted by molar-refractivity contribution is 5.90. The number of aromatic nitrogens is 2. The maximum absolute atomic E-state index is 13.9. The molecule has 14 nitrogen and oxygen atoms in total. The second-order valence-corrected chi connectivity index (χ2v) is 23.9.